The molecule has 0 saturated carbocycles. The van der Waals surface area contributed by atoms with Crippen molar-refractivity contribution < 1.29 is 4.39 Å². The maximum absolute atomic E-state index is 13.2. The van der Waals surface area contributed by atoms with Crippen LogP contribution in [-0.4, -0.2) is 9.38 Å². The summed E-state index contributed by atoms with van der Waals surface area (Å²) in [6.07, 6.45) is 3.32. The summed E-state index contributed by atoms with van der Waals surface area (Å²) < 4.78 is 15.6. The summed E-state index contributed by atoms with van der Waals surface area (Å²) in [5.41, 5.74) is 6.56. The Balaban J connectivity index is 2.82. The fraction of sp³-hybridized carbons (Fsp3) is 0.125. The van der Waals surface area contributed by atoms with E-state index < -0.39 is 0 Å². The van der Waals surface area contributed by atoms with Crippen LogP contribution in [0.5, 0.6) is 0 Å². The Morgan fingerprint density at radius 3 is 3.08 bits per heavy atom. The molecule has 0 radical (unpaired) electrons. The minimum Gasteiger partial charge on any atom is -0.325 e. The predicted molar refractivity (Wildman–Crippen MR) is 50.7 cm³/mol. The normalized spacial score (nSPS) is 11.0. The highest BCUT2D eigenvalue weighted by Crippen LogP contribution is 2.17. The zero-order valence-corrected chi connectivity index (χ0v) is 8.25. The molecule has 13 heavy (non-hydrogen) atoms. The Labute approximate surface area is 82.5 Å². The number of aromatic nitrogens is 2. The molecule has 0 aromatic carbocycles. The number of pyridine rings is 1. The number of hydrogen-bond donors (Lipinski definition) is 1. The van der Waals surface area contributed by atoms with Gasteiger partial charge < -0.3 is 5.73 Å². The van der Waals surface area contributed by atoms with Crippen LogP contribution in [0.25, 0.3) is 5.65 Å². The third-order valence-corrected chi connectivity index (χ3v) is 2.25. The minimum absolute atomic E-state index is 0.309. The van der Waals surface area contributed by atoms with Gasteiger partial charge in [-0.2, -0.15) is 0 Å². The van der Waals surface area contributed by atoms with Gasteiger partial charge in [0, 0.05) is 17.2 Å². The summed E-state index contributed by atoms with van der Waals surface area (Å²) in [6.45, 7) is 0.344. The molecule has 2 aromatic rings. The second-order valence-corrected chi connectivity index (χ2v) is 3.57. The van der Waals surface area contributed by atoms with E-state index in [-0.39, 0.29) is 5.82 Å². The van der Waals surface area contributed by atoms with Crippen LogP contribution in [0.15, 0.2) is 22.9 Å². The molecule has 2 rings (SSSR count). The molecule has 0 aliphatic carbocycles. The lowest BCUT2D eigenvalue weighted by molar-refractivity contribution is 0.628. The van der Waals surface area contributed by atoms with Crippen LogP contribution < -0.4 is 5.73 Å². The molecule has 2 aromatic heterocycles. The topological polar surface area (TPSA) is 43.3 Å². The van der Waals surface area contributed by atoms with Crippen molar-refractivity contribution in [2.45, 2.75) is 6.54 Å². The maximum atomic E-state index is 13.2. The van der Waals surface area contributed by atoms with Gasteiger partial charge >= 0.3 is 0 Å². The number of hydrogen-bond acceptors (Lipinski definition) is 2. The fourth-order valence-electron chi connectivity index (χ4n) is 1.21. The first-order valence-corrected chi connectivity index (χ1v) is 4.52. The van der Waals surface area contributed by atoms with Crippen molar-refractivity contribution in [3.8, 4) is 0 Å². The van der Waals surface area contributed by atoms with Gasteiger partial charge in [0.05, 0.1) is 11.9 Å². The maximum Gasteiger partial charge on any atom is 0.173 e. The van der Waals surface area contributed by atoms with Crippen LogP contribution in [0.1, 0.15) is 5.69 Å². The molecule has 0 aliphatic heterocycles. The van der Waals surface area contributed by atoms with Gasteiger partial charge in [0.1, 0.15) is 0 Å². The van der Waals surface area contributed by atoms with Crippen LogP contribution in [0, 0.1) is 5.82 Å². The Hall–Kier alpha value is -0.940. The lowest BCUT2D eigenvalue weighted by Gasteiger charge is -1.99. The summed E-state index contributed by atoms with van der Waals surface area (Å²) in [6, 6.07) is 1.38. The number of imidazole rings is 1. The molecule has 0 atom stereocenters. The van der Waals surface area contributed by atoms with Gasteiger partial charge in [-0.25, -0.2) is 9.37 Å². The number of fused-ring (bicyclic) bond motifs is 1. The SMILES string of the molecule is NCc1cnc2c(F)cc(Br)cn12. The van der Waals surface area contributed by atoms with E-state index in [0.717, 1.165) is 5.69 Å². The Morgan fingerprint density at radius 2 is 2.38 bits per heavy atom. The Kier molecular flexibility index (Phi) is 2.05. The quantitative estimate of drug-likeness (QED) is 0.829. The molecule has 0 aliphatic rings. The second kappa shape index (κ2) is 3.08. The van der Waals surface area contributed by atoms with E-state index in [9.17, 15) is 4.39 Å². The van der Waals surface area contributed by atoms with E-state index in [1.807, 2.05) is 0 Å². The molecule has 3 nitrogen and oxygen atoms in total. The van der Waals surface area contributed by atoms with E-state index in [1.165, 1.54) is 6.07 Å². The highest BCUT2D eigenvalue weighted by Gasteiger charge is 2.07. The van der Waals surface area contributed by atoms with Crippen LogP contribution in [0.4, 0.5) is 4.39 Å². The zero-order valence-electron chi connectivity index (χ0n) is 6.67. The first-order chi connectivity index (χ1) is 6.22. The zero-order chi connectivity index (χ0) is 9.42. The van der Waals surface area contributed by atoms with Crippen molar-refractivity contribution in [1.29, 1.82) is 0 Å². The third kappa shape index (κ3) is 1.34. The molecule has 0 amide bonds. The molecule has 2 N–H and O–H groups in total. The molecular weight excluding hydrogens is 237 g/mol. The van der Waals surface area contributed by atoms with Gasteiger partial charge in [-0.15, -0.1) is 0 Å². The molecule has 5 heteroatoms. The number of nitrogens with two attached hydrogens (primary N) is 1. The first kappa shape index (κ1) is 8.65. The predicted octanol–water partition coefficient (Wildman–Crippen LogP) is 1.69. The van der Waals surface area contributed by atoms with Crippen molar-refractivity contribution in [3.05, 3.63) is 34.4 Å². The molecule has 68 valence electrons. The minimum atomic E-state index is -0.353. The summed E-state index contributed by atoms with van der Waals surface area (Å²) in [5.74, 6) is -0.353. The van der Waals surface area contributed by atoms with E-state index in [1.54, 1.807) is 16.8 Å². The van der Waals surface area contributed by atoms with Crippen molar-refractivity contribution in [2.75, 3.05) is 0 Å². The average Bonchev–Trinajstić information content (AvgIpc) is 2.47. The van der Waals surface area contributed by atoms with E-state index in [4.69, 9.17) is 5.73 Å². The number of halogens is 2. The molecule has 0 spiro atoms. The standard InChI is InChI=1S/C8H7BrFN3/c9-5-1-7(10)8-12-3-6(2-11)13(8)4-5/h1,3-4H,2,11H2. The van der Waals surface area contributed by atoms with Gasteiger partial charge in [-0.3, -0.25) is 4.40 Å². The molecule has 0 bridgehead atoms. The highest BCUT2D eigenvalue weighted by atomic mass is 79.9. The van der Waals surface area contributed by atoms with Crippen LogP contribution in [-0.2, 0) is 6.54 Å². The van der Waals surface area contributed by atoms with Gasteiger partial charge in [-0.1, -0.05) is 0 Å². The fourth-order valence-corrected chi connectivity index (χ4v) is 1.62. The largest absolute Gasteiger partial charge is 0.325 e. The second-order valence-electron chi connectivity index (χ2n) is 2.65. The van der Waals surface area contributed by atoms with E-state index in [0.29, 0.717) is 16.7 Å². The molecule has 0 unspecified atom stereocenters. The molecular formula is C8H7BrFN3. The van der Waals surface area contributed by atoms with Crippen LogP contribution >= 0.6 is 15.9 Å². The van der Waals surface area contributed by atoms with Gasteiger partial charge in [-0.05, 0) is 22.0 Å². The van der Waals surface area contributed by atoms with Crippen molar-refractivity contribution >= 4 is 21.6 Å². The highest BCUT2D eigenvalue weighted by molar-refractivity contribution is 9.10. The number of nitrogens with zero attached hydrogens (tertiary/aromatic N) is 2. The van der Waals surface area contributed by atoms with Crippen LogP contribution in [0.3, 0.4) is 0 Å². The van der Waals surface area contributed by atoms with Gasteiger partial charge in [0.2, 0.25) is 0 Å². The molecule has 2 heterocycles. The Morgan fingerprint density at radius 1 is 1.62 bits per heavy atom. The Bertz CT molecular complexity index is 452. The van der Waals surface area contributed by atoms with Gasteiger partial charge in [0.25, 0.3) is 0 Å². The average molecular weight is 244 g/mol. The smallest absolute Gasteiger partial charge is 0.173 e. The third-order valence-electron chi connectivity index (χ3n) is 1.81. The van der Waals surface area contributed by atoms with Crippen molar-refractivity contribution in [2.24, 2.45) is 5.73 Å². The summed E-state index contributed by atoms with van der Waals surface area (Å²) in [5, 5.41) is 0. The van der Waals surface area contributed by atoms with Crippen LogP contribution in [0.2, 0.25) is 0 Å². The first-order valence-electron chi connectivity index (χ1n) is 3.73. The lowest BCUT2D eigenvalue weighted by Crippen LogP contribution is -2.01. The number of rotatable bonds is 1. The molecule has 0 fully saturated rings. The summed E-state index contributed by atoms with van der Waals surface area (Å²) in [7, 11) is 0. The van der Waals surface area contributed by atoms with E-state index in [2.05, 4.69) is 20.9 Å². The van der Waals surface area contributed by atoms with E-state index >= 15 is 0 Å². The summed E-state index contributed by atoms with van der Waals surface area (Å²) >= 11 is 3.20. The monoisotopic (exact) mass is 243 g/mol. The van der Waals surface area contributed by atoms with Crippen molar-refractivity contribution in [1.82, 2.24) is 9.38 Å². The lowest BCUT2D eigenvalue weighted by atomic mass is 10.4. The molecule has 0 saturated heterocycles. The summed E-state index contributed by atoms with van der Waals surface area (Å²) in [4.78, 5) is 3.92. The van der Waals surface area contributed by atoms with Gasteiger partial charge in [0.15, 0.2) is 11.5 Å². The van der Waals surface area contributed by atoms with Crippen molar-refractivity contribution in [3.63, 3.8) is 0 Å².